The van der Waals surface area contributed by atoms with Crippen molar-refractivity contribution in [1.29, 1.82) is 0 Å². The average molecular weight is 457 g/mol. The fourth-order valence-electron chi connectivity index (χ4n) is 4.40. The first-order valence-electron chi connectivity index (χ1n) is 11.6. The fourth-order valence-corrected chi connectivity index (χ4v) is 4.40. The molecule has 7 nitrogen and oxygen atoms in total. The standard InChI is InChI=1S/C27H28N4O3/c1-19-14-26-28-16-22-17-30(13-12-23(22)31(26)29-19)27(32)11-9-20-8-10-24(33-2)25(15-20)34-18-21-6-4-3-5-7-21/h3-8,10,14-16H,9,11-13,17-18H2,1-2H3. The van der Waals surface area contributed by atoms with E-state index in [0.717, 1.165) is 40.1 Å². The van der Waals surface area contributed by atoms with Crippen molar-refractivity contribution >= 4 is 11.6 Å². The monoisotopic (exact) mass is 456 g/mol. The number of nitrogens with zero attached hydrogens (tertiary/aromatic N) is 4. The van der Waals surface area contributed by atoms with Crippen LogP contribution in [-0.4, -0.2) is 39.1 Å². The highest BCUT2D eigenvalue weighted by atomic mass is 16.5. The zero-order valence-corrected chi connectivity index (χ0v) is 19.5. The number of hydrogen-bond acceptors (Lipinski definition) is 5. The molecule has 1 amide bonds. The molecule has 0 saturated carbocycles. The third kappa shape index (κ3) is 4.59. The lowest BCUT2D eigenvalue weighted by Crippen LogP contribution is -2.37. The average Bonchev–Trinajstić information content (AvgIpc) is 3.27. The van der Waals surface area contributed by atoms with E-state index < -0.39 is 0 Å². The molecule has 2 aromatic heterocycles. The zero-order chi connectivity index (χ0) is 23.5. The Labute approximate surface area is 198 Å². The van der Waals surface area contributed by atoms with Crippen LogP contribution >= 0.6 is 0 Å². The van der Waals surface area contributed by atoms with E-state index in [1.54, 1.807) is 7.11 Å². The summed E-state index contributed by atoms with van der Waals surface area (Å²) in [5.41, 5.74) is 6.16. The molecule has 4 aromatic rings. The normalized spacial score (nSPS) is 13.1. The van der Waals surface area contributed by atoms with Crippen molar-refractivity contribution in [1.82, 2.24) is 19.5 Å². The van der Waals surface area contributed by atoms with Crippen LogP contribution in [0.15, 0.2) is 60.8 Å². The molecule has 34 heavy (non-hydrogen) atoms. The number of amides is 1. The summed E-state index contributed by atoms with van der Waals surface area (Å²) in [5, 5.41) is 4.56. The number of aryl methyl sites for hydroxylation is 2. The number of hydrogen-bond donors (Lipinski definition) is 0. The predicted molar refractivity (Wildman–Crippen MR) is 129 cm³/mol. The molecule has 2 aromatic carbocycles. The Morgan fingerprint density at radius 1 is 1.06 bits per heavy atom. The third-order valence-corrected chi connectivity index (χ3v) is 6.22. The molecule has 0 fully saturated rings. The molecular weight excluding hydrogens is 428 g/mol. The highest BCUT2D eigenvalue weighted by molar-refractivity contribution is 5.76. The maximum absolute atomic E-state index is 13.0. The van der Waals surface area contributed by atoms with Gasteiger partial charge in [0.1, 0.15) is 6.61 Å². The Hall–Kier alpha value is -3.87. The van der Waals surface area contributed by atoms with Crippen LogP contribution in [0.5, 0.6) is 11.5 Å². The second kappa shape index (κ2) is 9.55. The number of benzene rings is 2. The molecule has 0 saturated heterocycles. The van der Waals surface area contributed by atoms with E-state index in [4.69, 9.17) is 9.47 Å². The van der Waals surface area contributed by atoms with Crippen LogP contribution in [0.3, 0.4) is 0 Å². The number of carbonyl (C=O) groups excluding carboxylic acids is 1. The van der Waals surface area contributed by atoms with E-state index in [0.29, 0.717) is 44.0 Å². The Bertz CT molecular complexity index is 1320. The van der Waals surface area contributed by atoms with Gasteiger partial charge in [-0.05, 0) is 36.6 Å². The summed E-state index contributed by atoms with van der Waals surface area (Å²) in [6, 6.07) is 17.9. The summed E-state index contributed by atoms with van der Waals surface area (Å²) in [5.74, 6) is 1.52. The minimum Gasteiger partial charge on any atom is -0.493 e. The SMILES string of the molecule is COc1ccc(CCC(=O)N2CCc3c(cnc4cc(C)nn34)C2)cc1OCc1ccccc1. The number of aromatic nitrogens is 3. The summed E-state index contributed by atoms with van der Waals surface area (Å²) < 4.78 is 13.4. The lowest BCUT2D eigenvalue weighted by atomic mass is 10.0. The molecule has 1 aliphatic rings. The highest BCUT2D eigenvalue weighted by Gasteiger charge is 2.23. The van der Waals surface area contributed by atoms with E-state index in [-0.39, 0.29) is 5.91 Å². The Morgan fingerprint density at radius 2 is 1.91 bits per heavy atom. The van der Waals surface area contributed by atoms with Crippen molar-refractivity contribution in [3.63, 3.8) is 0 Å². The lowest BCUT2D eigenvalue weighted by Gasteiger charge is -2.29. The molecule has 7 heteroatoms. The van der Waals surface area contributed by atoms with Gasteiger partial charge in [-0.1, -0.05) is 36.4 Å². The molecule has 0 radical (unpaired) electrons. The van der Waals surface area contributed by atoms with Gasteiger partial charge in [-0.2, -0.15) is 5.10 Å². The van der Waals surface area contributed by atoms with E-state index in [2.05, 4.69) is 10.1 Å². The first-order chi connectivity index (χ1) is 16.6. The molecule has 3 heterocycles. The summed E-state index contributed by atoms with van der Waals surface area (Å²) in [4.78, 5) is 19.4. The Balaban J connectivity index is 1.22. The number of methoxy groups -OCH3 is 1. The third-order valence-electron chi connectivity index (χ3n) is 6.22. The van der Waals surface area contributed by atoms with E-state index in [1.165, 1.54) is 0 Å². The Morgan fingerprint density at radius 3 is 2.74 bits per heavy atom. The lowest BCUT2D eigenvalue weighted by molar-refractivity contribution is -0.132. The Kier molecular flexibility index (Phi) is 6.16. The van der Waals surface area contributed by atoms with Crippen molar-refractivity contribution in [2.75, 3.05) is 13.7 Å². The second-order valence-electron chi connectivity index (χ2n) is 8.61. The molecule has 5 rings (SSSR count). The number of fused-ring (bicyclic) bond motifs is 3. The van der Waals surface area contributed by atoms with Gasteiger partial charge in [-0.25, -0.2) is 9.50 Å². The first kappa shape index (κ1) is 21.9. The van der Waals surface area contributed by atoms with Crippen LogP contribution in [-0.2, 0) is 30.8 Å². The van der Waals surface area contributed by atoms with Gasteiger partial charge in [0.25, 0.3) is 0 Å². The summed E-state index contributed by atoms with van der Waals surface area (Å²) in [6.45, 7) is 3.70. The van der Waals surface area contributed by atoms with Crippen molar-refractivity contribution in [3.8, 4) is 11.5 Å². The van der Waals surface area contributed by atoms with Gasteiger partial charge in [-0.3, -0.25) is 4.79 Å². The van der Waals surface area contributed by atoms with Crippen LogP contribution in [0.1, 0.15) is 34.5 Å². The molecule has 0 atom stereocenters. The molecule has 0 aliphatic carbocycles. The molecule has 0 bridgehead atoms. The molecule has 0 spiro atoms. The minimum atomic E-state index is 0.143. The van der Waals surface area contributed by atoms with Gasteiger partial charge >= 0.3 is 0 Å². The van der Waals surface area contributed by atoms with Crippen LogP contribution in [0, 0.1) is 6.92 Å². The molecule has 1 aliphatic heterocycles. The quantitative estimate of drug-likeness (QED) is 0.418. The van der Waals surface area contributed by atoms with Gasteiger partial charge < -0.3 is 14.4 Å². The second-order valence-corrected chi connectivity index (χ2v) is 8.61. The van der Waals surface area contributed by atoms with Crippen molar-refractivity contribution < 1.29 is 14.3 Å². The maximum atomic E-state index is 13.0. The van der Waals surface area contributed by atoms with E-state index in [9.17, 15) is 4.79 Å². The largest absolute Gasteiger partial charge is 0.493 e. The van der Waals surface area contributed by atoms with Crippen LogP contribution in [0.4, 0.5) is 0 Å². The molecule has 0 unspecified atom stereocenters. The number of ether oxygens (including phenoxy) is 2. The van der Waals surface area contributed by atoms with Crippen molar-refractivity contribution in [3.05, 3.63) is 88.9 Å². The number of carbonyl (C=O) groups is 1. The molecule has 0 N–H and O–H groups in total. The van der Waals surface area contributed by atoms with Crippen molar-refractivity contribution in [2.45, 2.75) is 39.3 Å². The topological polar surface area (TPSA) is 69.0 Å². The summed E-state index contributed by atoms with van der Waals surface area (Å²) in [6.07, 6.45) is 3.74. The van der Waals surface area contributed by atoms with Gasteiger partial charge in [0.05, 0.1) is 18.5 Å². The maximum Gasteiger partial charge on any atom is 0.223 e. The fraction of sp³-hybridized carbons (Fsp3) is 0.296. The van der Waals surface area contributed by atoms with Crippen LogP contribution < -0.4 is 9.47 Å². The highest BCUT2D eigenvalue weighted by Crippen LogP contribution is 2.29. The molecule has 174 valence electrons. The van der Waals surface area contributed by atoms with Crippen LogP contribution in [0.2, 0.25) is 0 Å². The first-order valence-corrected chi connectivity index (χ1v) is 11.6. The predicted octanol–water partition coefficient (Wildman–Crippen LogP) is 4.14. The van der Waals surface area contributed by atoms with Crippen LogP contribution in [0.25, 0.3) is 5.65 Å². The van der Waals surface area contributed by atoms with Gasteiger partial charge in [0.2, 0.25) is 5.91 Å². The molecular formula is C27H28N4O3. The van der Waals surface area contributed by atoms with Crippen molar-refractivity contribution in [2.24, 2.45) is 0 Å². The van der Waals surface area contributed by atoms with Gasteiger partial charge in [0.15, 0.2) is 17.1 Å². The van der Waals surface area contributed by atoms with Gasteiger partial charge in [-0.15, -0.1) is 0 Å². The minimum absolute atomic E-state index is 0.143. The summed E-state index contributed by atoms with van der Waals surface area (Å²) in [7, 11) is 1.63. The van der Waals surface area contributed by atoms with E-state index >= 15 is 0 Å². The smallest absolute Gasteiger partial charge is 0.223 e. The number of rotatable bonds is 7. The summed E-state index contributed by atoms with van der Waals surface area (Å²) >= 11 is 0. The van der Waals surface area contributed by atoms with E-state index in [1.807, 2.05) is 77.1 Å². The zero-order valence-electron chi connectivity index (χ0n) is 19.5. The van der Waals surface area contributed by atoms with Gasteiger partial charge in [0, 0.05) is 43.8 Å².